The lowest BCUT2D eigenvalue weighted by molar-refractivity contribution is 0.0481. The lowest BCUT2D eigenvalue weighted by Crippen LogP contribution is -2.28. The van der Waals surface area contributed by atoms with Crippen LogP contribution >= 0.6 is 15.9 Å². The van der Waals surface area contributed by atoms with E-state index in [0.717, 1.165) is 31.6 Å². The second kappa shape index (κ2) is 5.05. The summed E-state index contributed by atoms with van der Waals surface area (Å²) in [5.74, 6) is -0.349. The number of nitrogen functional groups attached to an aromatic ring is 1. The molecule has 1 aliphatic heterocycles. The Hall–Kier alpha value is -0.810. The summed E-state index contributed by atoms with van der Waals surface area (Å²) in [6.45, 7) is 3.42. The standard InChI is InChI=1S/C13H18BrFN2O/c1-13(18)3-2-5-17(6-4-13)12-7-9(14)10(15)8-11(12)16/h7-8,18H,2-6,16H2,1H3. The van der Waals surface area contributed by atoms with E-state index in [1.807, 2.05) is 6.92 Å². The van der Waals surface area contributed by atoms with Crippen LogP contribution in [0.5, 0.6) is 0 Å². The molecule has 1 atom stereocenters. The maximum atomic E-state index is 13.3. The van der Waals surface area contributed by atoms with Gasteiger partial charge < -0.3 is 15.7 Å². The third-order valence-electron chi connectivity index (χ3n) is 3.47. The van der Waals surface area contributed by atoms with Gasteiger partial charge in [0.1, 0.15) is 5.82 Å². The van der Waals surface area contributed by atoms with Crippen LogP contribution in [0.25, 0.3) is 0 Å². The van der Waals surface area contributed by atoms with Gasteiger partial charge in [-0.15, -0.1) is 0 Å². The minimum Gasteiger partial charge on any atom is -0.397 e. The highest BCUT2D eigenvalue weighted by Crippen LogP contribution is 2.32. The Bertz CT molecular complexity index is 451. The molecule has 0 aromatic heterocycles. The van der Waals surface area contributed by atoms with Crippen LogP contribution in [0.15, 0.2) is 16.6 Å². The fraction of sp³-hybridized carbons (Fsp3) is 0.538. The zero-order valence-corrected chi connectivity index (χ0v) is 12.0. The molecule has 1 heterocycles. The summed E-state index contributed by atoms with van der Waals surface area (Å²) in [5.41, 5.74) is 6.54. The number of halogens is 2. The van der Waals surface area contributed by atoms with Gasteiger partial charge >= 0.3 is 0 Å². The zero-order valence-electron chi connectivity index (χ0n) is 10.4. The molecule has 5 heteroatoms. The van der Waals surface area contributed by atoms with Crippen molar-refractivity contribution in [3.05, 3.63) is 22.4 Å². The Kier molecular flexibility index (Phi) is 3.82. The van der Waals surface area contributed by atoms with Crippen LogP contribution in [0.4, 0.5) is 15.8 Å². The summed E-state index contributed by atoms with van der Waals surface area (Å²) in [5, 5.41) is 10.1. The molecule has 1 aromatic carbocycles. The number of rotatable bonds is 1. The molecule has 0 amide bonds. The molecule has 3 N–H and O–H groups in total. The summed E-state index contributed by atoms with van der Waals surface area (Å²) < 4.78 is 13.8. The molecule has 0 radical (unpaired) electrons. The average Bonchev–Trinajstić information content (AvgIpc) is 2.45. The Morgan fingerprint density at radius 3 is 2.83 bits per heavy atom. The van der Waals surface area contributed by atoms with E-state index in [2.05, 4.69) is 20.8 Å². The smallest absolute Gasteiger partial charge is 0.139 e. The summed E-state index contributed by atoms with van der Waals surface area (Å²) in [4.78, 5) is 2.11. The Morgan fingerprint density at radius 2 is 2.11 bits per heavy atom. The van der Waals surface area contributed by atoms with Gasteiger partial charge in [-0.1, -0.05) is 0 Å². The van der Waals surface area contributed by atoms with E-state index in [1.165, 1.54) is 6.07 Å². The van der Waals surface area contributed by atoms with Gasteiger partial charge in [-0.3, -0.25) is 0 Å². The normalized spacial score (nSPS) is 25.0. The zero-order chi connectivity index (χ0) is 13.3. The molecule has 0 aliphatic carbocycles. The fourth-order valence-corrected chi connectivity index (χ4v) is 2.66. The number of nitrogens with zero attached hydrogens (tertiary/aromatic N) is 1. The van der Waals surface area contributed by atoms with Gasteiger partial charge in [-0.25, -0.2) is 4.39 Å². The van der Waals surface area contributed by atoms with E-state index in [4.69, 9.17) is 5.73 Å². The van der Waals surface area contributed by atoms with Crippen LogP contribution in [0.3, 0.4) is 0 Å². The van der Waals surface area contributed by atoms with Crippen LogP contribution in [-0.4, -0.2) is 23.8 Å². The van der Waals surface area contributed by atoms with Crippen molar-refractivity contribution in [2.75, 3.05) is 23.7 Å². The minimum absolute atomic E-state index is 0.349. The number of anilines is 2. The van der Waals surface area contributed by atoms with Gasteiger partial charge in [0.05, 0.1) is 21.4 Å². The van der Waals surface area contributed by atoms with E-state index in [1.54, 1.807) is 6.07 Å². The number of benzene rings is 1. The van der Waals surface area contributed by atoms with Crippen molar-refractivity contribution in [3.8, 4) is 0 Å². The molecule has 1 fully saturated rings. The molecule has 1 unspecified atom stereocenters. The topological polar surface area (TPSA) is 49.5 Å². The third kappa shape index (κ3) is 2.95. The molecule has 0 spiro atoms. The van der Waals surface area contributed by atoms with Gasteiger partial charge in [-0.05, 0) is 48.2 Å². The summed E-state index contributed by atoms with van der Waals surface area (Å²) in [6, 6.07) is 3.05. The van der Waals surface area contributed by atoms with E-state index in [9.17, 15) is 9.50 Å². The highest BCUT2D eigenvalue weighted by atomic mass is 79.9. The monoisotopic (exact) mass is 316 g/mol. The van der Waals surface area contributed by atoms with Crippen LogP contribution in [-0.2, 0) is 0 Å². The van der Waals surface area contributed by atoms with Crippen LogP contribution in [0.1, 0.15) is 26.2 Å². The molecule has 0 saturated carbocycles. The molecule has 1 aliphatic rings. The molecule has 2 rings (SSSR count). The first-order valence-electron chi connectivity index (χ1n) is 6.11. The summed E-state index contributed by atoms with van der Waals surface area (Å²) in [7, 11) is 0. The number of hydrogen-bond donors (Lipinski definition) is 2. The first-order chi connectivity index (χ1) is 8.39. The van der Waals surface area contributed by atoms with Crippen LogP contribution in [0, 0.1) is 5.82 Å². The minimum atomic E-state index is -0.610. The predicted octanol–water partition coefficient (Wildman–Crippen LogP) is 2.91. The third-order valence-corrected chi connectivity index (χ3v) is 4.08. The van der Waals surface area contributed by atoms with E-state index in [0.29, 0.717) is 16.6 Å². The predicted molar refractivity (Wildman–Crippen MR) is 75.2 cm³/mol. The van der Waals surface area contributed by atoms with Crippen LogP contribution < -0.4 is 10.6 Å². The van der Waals surface area contributed by atoms with Crippen molar-refractivity contribution >= 4 is 27.3 Å². The van der Waals surface area contributed by atoms with Crippen LogP contribution in [0.2, 0.25) is 0 Å². The Balaban J connectivity index is 2.24. The Morgan fingerprint density at radius 1 is 1.39 bits per heavy atom. The van der Waals surface area contributed by atoms with Gasteiger partial charge in [-0.2, -0.15) is 0 Å². The maximum Gasteiger partial charge on any atom is 0.139 e. The lowest BCUT2D eigenvalue weighted by atomic mass is 9.98. The molecule has 100 valence electrons. The SMILES string of the molecule is CC1(O)CCCN(c2cc(Br)c(F)cc2N)CC1. The van der Waals surface area contributed by atoms with Gasteiger partial charge in [0.25, 0.3) is 0 Å². The first kappa shape index (κ1) is 13.6. The number of nitrogens with two attached hydrogens (primary N) is 1. The highest BCUT2D eigenvalue weighted by molar-refractivity contribution is 9.10. The van der Waals surface area contributed by atoms with Gasteiger partial charge in [0, 0.05) is 19.2 Å². The van der Waals surface area contributed by atoms with Crippen molar-refractivity contribution in [1.29, 1.82) is 0 Å². The largest absolute Gasteiger partial charge is 0.397 e. The van der Waals surface area contributed by atoms with Gasteiger partial charge in [0.2, 0.25) is 0 Å². The molecule has 18 heavy (non-hydrogen) atoms. The maximum absolute atomic E-state index is 13.3. The van der Waals surface area contributed by atoms with Crippen molar-refractivity contribution < 1.29 is 9.50 Å². The van der Waals surface area contributed by atoms with Crippen molar-refractivity contribution in [1.82, 2.24) is 0 Å². The first-order valence-corrected chi connectivity index (χ1v) is 6.90. The van der Waals surface area contributed by atoms with Crippen molar-refractivity contribution in [3.63, 3.8) is 0 Å². The second-order valence-electron chi connectivity index (χ2n) is 5.16. The molecule has 1 saturated heterocycles. The van der Waals surface area contributed by atoms with Crippen molar-refractivity contribution in [2.24, 2.45) is 0 Å². The highest BCUT2D eigenvalue weighted by Gasteiger charge is 2.26. The average molecular weight is 317 g/mol. The summed E-state index contributed by atoms with van der Waals surface area (Å²) in [6.07, 6.45) is 2.38. The molecule has 1 aromatic rings. The second-order valence-corrected chi connectivity index (χ2v) is 6.02. The number of hydrogen-bond acceptors (Lipinski definition) is 3. The Labute approximate surface area is 115 Å². The van der Waals surface area contributed by atoms with Gasteiger partial charge in [0.15, 0.2) is 0 Å². The van der Waals surface area contributed by atoms with E-state index < -0.39 is 5.60 Å². The molecule has 0 bridgehead atoms. The fourth-order valence-electron chi connectivity index (χ4n) is 2.33. The molecular weight excluding hydrogens is 299 g/mol. The summed E-state index contributed by atoms with van der Waals surface area (Å²) >= 11 is 3.18. The van der Waals surface area contributed by atoms with E-state index in [-0.39, 0.29) is 5.82 Å². The van der Waals surface area contributed by atoms with E-state index >= 15 is 0 Å². The lowest BCUT2D eigenvalue weighted by Gasteiger charge is -2.25. The molecular formula is C13H18BrFN2O. The quantitative estimate of drug-likeness (QED) is 0.783. The number of aliphatic hydroxyl groups is 1. The van der Waals surface area contributed by atoms with Crippen molar-refractivity contribution in [2.45, 2.75) is 31.8 Å². The molecule has 3 nitrogen and oxygen atoms in total.